The topological polar surface area (TPSA) is 49.3 Å². The van der Waals surface area contributed by atoms with E-state index in [1.54, 1.807) is 11.6 Å². The molecule has 0 aromatic heterocycles. The molecule has 2 N–H and O–H groups in total. The van der Waals surface area contributed by atoms with Crippen LogP contribution in [0.3, 0.4) is 0 Å². The Morgan fingerprint density at radius 1 is 1.25 bits per heavy atom. The minimum Gasteiger partial charge on any atom is -0.288 e. The number of hydrogen-bond acceptors (Lipinski definition) is 2. The van der Waals surface area contributed by atoms with Crippen molar-refractivity contribution in [2.75, 3.05) is 0 Å². The number of nitrogens with one attached hydrogen (secondary N) is 1. The lowest BCUT2D eigenvalue weighted by atomic mass is 10.1. The molecule has 0 unspecified atom stereocenters. The van der Waals surface area contributed by atoms with E-state index in [1.165, 1.54) is 31.3 Å². The van der Waals surface area contributed by atoms with E-state index in [1.807, 2.05) is 0 Å². The Morgan fingerprint density at radius 2 is 1.75 bits per heavy atom. The number of hydrogen-bond donors (Lipinski definition) is 2. The third-order valence-corrected chi connectivity index (χ3v) is 2.51. The lowest BCUT2D eigenvalue weighted by molar-refractivity contribution is -0.124. The molecular weight excluding hydrogens is 154 g/mol. The zero-order chi connectivity index (χ0) is 8.55. The molecule has 2 aliphatic carbocycles. The molecule has 0 saturated heterocycles. The Morgan fingerprint density at radius 3 is 2.08 bits per heavy atom. The second-order valence-electron chi connectivity index (χ2n) is 3.67. The van der Waals surface area contributed by atoms with Gasteiger partial charge in [0.2, 0.25) is 0 Å². The van der Waals surface area contributed by atoms with E-state index in [9.17, 15) is 4.79 Å². The minimum atomic E-state index is -0.371. The monoisotopic (exact) mass is 167 g/mol. The SMILES string of the molecule is O=C(C=C(C1CC1)C1CC1)NO. The van der Waals surface area contributed by atoms with E-state index < -0.39 is 0 Å². The molecule has 0 bridgehead atoms. The van der Waals surface area contributed by atoms with Crippen LogP contribution in [-0.4, -0.2) is 11.1 Å². The quantitative estimate of drug-likeness (QED) is 0.377. The molecule has 2 saturated carbocycles. The summed E-state index contributed by atoms with van der Waals surface area (Å²) in [6, 6.07) is 0. The highest BCUT2D eigenvalue weighted by molar-refractivity contribution is 5.87. The van der Waals surface area contributed by atoms with Crippen LogP contribution in [0.5, 0.6) is 0 Å². The predicted molar refractivity (Wildman–Crippen MR) is 43.5 cm³/mol. The van der Waals surface area contributed by atoms with Gasteiger partial charge in [-0.2, -0.15) is 0 Å². The maximum Gasteiger partial charge on any atom is 0.267 e. The minimum absolute atomic E-state index is 0.371. The zero-order valence-corrected chi connectivity index (χ0v) is 6.92. The highest BCUT2D eigenvalue weighted by atomic mass is 16.5. The van der Waals surface area contributed by atoms with E-state index in [4.69, 9.17) is 5.21 Å². The average Bonchev–Trinajstić information content (AvgIpc) is 2.87. The van der Waals surface area contributed by atoms with Crippen LogP contribution < -0.4 is 5.48 Å². The molecule has 0 atom stereocenters. The van der Waals surface area contributed by atoms with Gasteiger partial charge >= 0.3 is 0 Å². The number of amides is 1. The smallest absolute Gasteiger partial charge is 0.267 e. The molecule has 0 aromatic rings. The van der Waals surface area contributed by atoms with Crippen LogP contribution in [0.25, 0.3) is 0 Å². The van der Waals surface area contributed by atoms with E-state index >= 15 is 0 Å². The van der Waals surface area contributed by atoms with Gasteiger partial charge in [0.15, 0.2) is 0 Å². The fourth-order valence-electron chi connectivity index (χ4n) is 1.59. The van der Waals surface area contributed by atoms with Crippen LogP contribution in [0.15, 0.2) is 11.6 Å². The fraction of sp³-hybridized carbons (Fsp3) is 0.667. The summed E-state index contributed by atoms with van der Waals surface area (Å²) in [5.41, 5.74) is 2.91. The largest absolute Gasteiger partial charge is 0.288 e. The molecule has 0 heterocycles. The van der Waals surface area contributed by atoms with Crippen LogP contribution in [0.1, 0.15) is 25.7 Å². The van der Waals surface area contributed by atoms with E-state index in [0.717, 1.165) is 0 Å². The fourth-order valence-corrected chi connectivity index (χ4v) is 1.59. The molecule has 2 rings (SSSR count). The van der Waals surface area contributed by atoms with Crippen molar-refractivity contribution in [3.05, 3.63) is 11.6 Å². The summed E-state index contributed by atoms with van der Waals surface area (Å²) in [5.74, 6) is 0.924. The van der Waals surface area contributed by atoms with Gasteiger partial charge < -0.3 is 0 Å². The number of rotatable bonds is 3. The first-order valence-corrected chi connectivity index (χ1v) is 4.47. The second kappa shape index (κ2) is 2.90. The van der Waals surface area contributed by atoms with Gasteiger partial charge in [-0.1, -0.05) is 5.57 Å². The molecule has 0 aromatic carbocycles. The molecule has 12 heavy (non-hydrogen) atoms. The summed E-state index contributed by atoms with van der Waals surface area (Å²) in [5, 5.41) is 8.34. The van der Waals surface area contributed by atoms with Crippen molar-refractivity contribution in [3.8, 4) is 0 Å². The van der Waals surface area contributed by atoms with E-state index in [2.05, 4.69) is 0 Å². The van der Waals surface area contributed by atoms with Gasteiger partial charge in [-0.15, -0.1) is 0 Å². The summed E-state index contributed by atoms with van der Waals surface area (Å²) < 4.78 is 0. The Kier molecular flexibility index (Phi) is 1.89. The molecule has 2 aliphatic rings. The first-order valence-electron chi connectivity index (χ1n) is 4.47. The van der Waals surface area contributed by atoms with Crippen molar-refractivity contribution >= 4 is 5.91 Å². The van der Waals surface area contributed by atoms with Crippen LogP contribution in [0, 0.1) is 11.8 Å². The molecule has 2 fully saturated rings. The molecule has 1 amide bonds. The summed E-state index contributed by atoms with van der Waals surface area (Å²) >= 11 is 0. The van der Waals surface area contributed by atoms with Crippen molar-refractivity contribution in [1.29, 1.82) is 0 Å². The number of hydroxylamine groups is 1. The molecule has 0 aliphatic heterocycles. The van der Waals surface area contributed by atoms with Crippen molar-refractivity contribution in [2.45, 2.75) is 25.7 Å². The van der Waals surface area contributed by atoms with Crippen molar-refractivity contribution in [1.82, 2.24) is 5.48 Å². The standard InChI is InChI=1S/C9H13NO2/c11-9(10-12)5-8(6-1-2-6)7-3-4-7/h5-7,12H,1-4H2,(H,10,11). The molecule has 3 heteroatoms. The molecule has 66 valence electrons. The predicted octanol–water partition coefficient (Wildman–Crippen LogP) is 1.24. The Balaban J connectivity index is 2.03. The van der Waals surface area contributed by atoms with E-state index in [0.29, 0.717) is 11.8 Å². The highest BCUT2D eigenvalue weighted by Gasteiger charge is 2.36. The molecule has 0 spiro atoms. The summed E-state index contributed by atoms with van der Waals surface area (Å²) in [6.45, 7) is 0. The zero-order valence-electron chi connectivity index (χ0n) is 6.92. The van der Waals surface area contributed by atoms with Gasteiger partial charge in [0.05, 0.1) is 0 Å². The van der Waals surface area contributed by atoms with Crippen LogP contribution in [0.4, 0.5) is 0 Å². The van der Waals surface area contributed by atoms with Gasteiger partial charge in [-0.05, 0) is 37.5 Å². The Bertz CT molecular complexity index is 213. The highest BCUT2D eigenvalue weighted by Crippen LogP contribution is 2.48. The number of carbonyl (C=O) groups is 1. The second-order valence-corrected chi connectivity index (χ2v) is 3.67. The molecular formula is C9H13NO2. The lowest BCUT2D eigenvalue weighted by Gasteiger charge is -2.01. The van der Waals surface area contributed by atoms with Gasteiger partial charge in [-0.3, -0.25) is 10.0 Å². The Labute approximate surface area is 71.4 Å². The maximum atomic E-state index is 10.8. The van der Waals surface area contributed by atoms with Gasteiger partial charge in [0.25, 0.3) is 5.91 Å². The number of allylic oxidation sites excluding steroid dienone is 1. The summed E-state index contributed by atoms with van der Waals surface area (Å²) in [4.78, 5) is 10.8. The summed E-state index contributed by atoms with van der Waals surface area (Å²) in [7, 11) is 0. The normalized spacial score (nSPS) is 21.8. The first-order chi connectivity index (χ1) is 5.81. The van der Waals surface area contributed by atoms with Gasteiger partial charge in [0, 0.05) is 6.08 Å². The number of carbonyl (C=O) groups excluding carboxylic acids is 1. The van der Waals surface area contributed by atoms with Crippen LogP contribution in [0.2, 0.25) is 0 Å². The average molecular weight is 167 g/mol. The van der Waals surface area contributed by atoms with Crippen molar-refractivity contribution in [2.24, 2.45) is 11.8 Å². The lowest BCUT2D eigenvalue weighted by Crippen LogP contribution is -2.16. The summed E-state index contributed by atoms with van der Waals surface area (Å²) in [6.07, 6.45) is 6.47. The first kappa shape index (κ1) is 7.80. The molecule has 0 radical (unpaired) electrons. The van der Waals surface area contributed by atoms with E-state index in [-0.39, 0.29) is 5.91 Å². The third kappa shape index (κ3) is 1.67. The van der Waals surface area contributed by atoms with Gasteiger partial charge in [-0.25, -0.2) is 5.48 Å². The van der Waals surface area contributed by atoms with Crippen LogP contribution in [-0.2, 0) is 4.79 Å². The van der Waals surface area contributed by atoms with Crippen LogP contribution >= 0.6 is 0 Å². The third-order valence-electron chi connectivity index (χ3n) is 2.51. The van der Waals surface area contributed by atoms with Crippen molar-refractivity contribution in [3.63, 3.8) is 0 Å². The Hall–Kier alpha value is -0.830. The molecule has 3 nitrogen and oxygen atoms in total. The van der Waals surface area contributed by atoms with Gasteiger partial charge in [0.1, 0.15) is 0 Å². The maximum absolute atomic E-state index is 10.8. The van der Waals surface area contributed by atoms with Crippen molar-refractivity contribution < 1.29 is 10.0 Å².